The molecule has 1 rings (SSSR count). The van der Waals surface area contributed by atoms with Crippen LogP contribution in [0, 0.1) is 0 Å². The van der Waals surface area contributed by atoms with Crippen molar-refractivity contribution in [3.8, 4) is 5.75 Å². The summed E-state index contributed by atoms with van der Waals surface area (Å²) in [5.41, 5.74) is 5.63. The van der Waals surface area contributed by atoms with Gasteiger partial charge in [-0.1, -0.05) is 0 Å². The topological polar surface area (TPSA) is 53.1 Å². The molecule has 0 aromatic carbocycles. The summed E-state index contributed by atoms with van der Waals surface area (Å²) in [5.74, 6) is 0.802. The van der Waals surface area contributed by atoms with Crippen LogP contribution in [0.1, 0.15) is 20.8 Å². The Kier molecular flexibility index (Phi) is 3.31. The van der Waals surface area contributed by atoms with Crippen molar-refractivity contribution >= 4 is 0 Å². The summed E-state index contributed by atoms with van der Waals surface area (Å²) in [6.45, 7) is 6.65. The van der Waals surface area contributed by atoms with E-state index in [2.05, 4.69) is 5.10 Å². The summed E-state index contributed by atoms with van der Waals surface area (Å²) in [6, 6.07) is 0.117. The first-order valence-electron chi connectivity index (χ1n) is 4.52. The fraction of sp³-hybridized carbons (Fsp3) is 0.667. The molecule has 4 heteroatoms. The van der Waals surface area contributed by atoms with Gasteiger partial charge in [0, 0.05) is 6.04 Å². The molecule has 1 aromatic heterocycles. The van der Waals surface area contributed by atoms with Crippen LogP contribution in [0.2, 0.25) is 0 Å². The molecule has 1 unspecified atom stereocenters. The SMILES string of the molecule is CC(N)Cn1cc(OC(C)C)cn1. The maximum absolute atomic E-state index is 5.63. The number of hydrogen-bond donors (Lipinski definition) is 1. The van der Waals surface area contributed by atoms with Gasteiger partial charge in [0.25, 0.3) is 0 Å². The first kappa shape index (κ1) is 10.1. The third kappa shape index (κ3) is 3.46. The highest BCUT2D eigenvalue weighted by atomic mass is 16.5. The van der Waals surface area contributed by atoms with Crippen molar-refractivity contribution in [1.82, 2.24) is 9.78 Å². The van der Waals surface area contributed by atoms with Gasteiger partial charge in [-0.2, -0.15) is 5.10 Å². The zero-order valence-electron chi connectivity index (χ0n) is 8.40. The lowest BCUT2D eigenvalue weighted by molar-refractivity contribution is 0.242. The van der Waals surface area contributed by atoms with Crippen LogP contribution in [-0.2, 0) is 6.54 Å². The number of nitrogens with zero attached hydrogens (tertiary/aromatic N) is 2. The van der Waals surface area contributed by atoms with E-state index in [1.807, 2.05) is 27.0 Å². The Morgan fingerprint density at radius 2 is 2.23 bits per heavy atom. The second-order valence-electron chi connectivity index (χ2n) is 3.54. The summed E-state index contributed by atoms with van der Waals surface area (Å²) in [4.78, 5) is 0. The maximum Gasteiger partial charge on any atom is 0.157 e. The number of ether oxygens (including phenoxy) is 1. The Balaban J connectivity index is 2.53. The Bertz CT molecular complexity index is 231. The minimum absolute atomic E-state index is 0.117. The Morgan fingerprint density at radius 3 is 2.77 bits per heavy atom. The lowest BCUT2D eigenvalue weighted by Crippen LogP contribution is -2.22. The van der Waals surface area contributed by atoms with Gasteiger partial charge >= 0.3 is 0 Å². The molecule has 0 amide bonds. The predicted molar refractivity (Wildman–Crippen MR) is 51.6 cm³/mol. The van der Waals surface area contributed by atoms with E-state index in [9.17, 15) is 0 Å². The van der Waals surface area contributed by atoms with Crippen molar-refractivity contribution in [3.63, 3.8) is 0 Å². The standard InChI is InChI=1S/C9H17N3O/c1-7(2)13-9-4-11-12(6-9)5-8(3)10/h4,6-8H,5,10H2,1-3H3. The van der Waals surface area contributed by atoms with E-state index in [1.54, 1.807) is 10.9 Å². The zero-order valence-corrected chi connectivity index (χ0v) is 8.40. The predicted octanol–water partition coefficient (Wildman–Crippen LogP) is 1.02. The van der Waals surface area contributed by atoms with E-state index in [-0.39, 0.29) is 12.1 Å². The minimum atomic E-state index is 0.117. The molecule has 1 aromatic rings. The molecule has 0 saturated heterocycles. The minimum Gasteiger partial charge on any atom is -0.488 e. The van der Waals surface area contributed by atoms with Crippen molar-refractivity contribution in [2.45, 2.75) is 39.5 Å². The fourth-order valence-electron chi connectivity index (χ4n) is 1.07. The summed E-state index contributed by atoms with van der Waals surface area (Å²) in [7, 11) is 0. The molecule has 4 nitrogen and oxygen atoms in total. The van der Waals surface area contributed by atoms with Crippen LogP contribution >= 0.6 is 0 Å². The summed E-state index contributed by atoms with van der Waals surface area (Å²) in [6.07, 6.45) is 3.76. The van der Waals surface area contributed by atoms with E-state index >= 15 is 0 Å². The van der Waals surface area contributed by atoms with Crippen LogP contribution in [0.25, 0.3) is 0 Å². The van der Waals surface area contributed by atoms with Crippen LogP contribution in [0.5, 0.6) is 5.75 Å². The van der Waals surface area contributed by atoms with E-state index in [4.69, 9.17) is 10.5 Å². The third-order valence-corrected chi connectivity index (χ3v) is 1.46. The molecule has 2 N–H and O–H groups in total. The largest absolute Gasteiger partial charge is 0.488 e. The molecular weight excluding hydrogens is 166 g/mol. The number of hydrogen-bond acceptors (Lipinski definition) is 3. The molecule has 0 saturated carbocycles. The van der Waals surface area contributed by atoms with Crippen LogP contribution < -0.4 is 10.5 Å². The third-order valence-electron chi connectivity index (χ3n) is 1.46. The molecule has 1 heterocycles. The average molecular weight is 183 g/mol. The van der Waals surface area contributed by atoms with Gasteiger partial charge in [0.2, 0.25) is 0 Å². The Morgan fingerprint density at radius 1 is 1.54 bits per heavy atom. The van der Waals surface area contributed by atoms with Crippen molar-refractivity contribution in [1.29, 1.82) is 0 Å². The zero-order chi connectivity index (χ0) is 9.84. The first-order chi connectivity index (χ1) is 6.08. The van der Waals surface area contributed by atoms with E-state index in [1.165, 1.54) is 0 Å². The van der Waals surface area contributed by atoms with Crippen LogP contribution in [0.3, 0.4) is 0 Å². The monoisotopic (exact) mass is 183 g/mol. The molecule has 1 atom stereocenters. The van der Waals surface area contributed by atoms with Crippen LogP contribution in [0.4, 0.5) is 0 Å². The highest BCUT2D eigenvalue weighted by Gasteiger charge is 2.02. The molecule has 13 heavy (non-hydrogen) atoms. The quantitative estimate of drug-likeness (QED) is 0.758. The van der Waals surface area contributed by atoms with Gasteiger partial charge in [0.15, 0.2) is 5.75 Å². The van der Waals surface area contributed by atoms with Gasteiger partial charge < -0.3 is 10.5 Å². The van der Waals surface area contributed by atoms with Gasteiger partial charge in [-0.3, -0.25) is 4.68 Å². The molecule has 0 aliphatic heterocycles. The lowest BCUT2D eigenvalue weighted by atomic mass is 10.4. The van der Waals surface area contributed by atoms with Crippen molar-refractivity contribution < 1.29 is 4.74 Å². The van der Waals surface area contributed by atoms with Gasteiger partial charge in [-0.25, -0.2) is 0 Å². The molecule has 0 fully saturated rings. The number of rotatable bonds is 4. The normalized spacial score (nSPS) is 13.3. The molecule has 0 bridgehead atoms. The molecule has 0 spiro atoms. The highest BCUT2D eigenvalue weighted by molar-refractivity contribution is 5.11. The number of nitrogens with two attached hydrogens (primary N) is 1. The maximum atomic E-state index is 5.63. The molecular formula is C9H17N3O. The van der Waals surface area contributed by atoms with Gasteiger partial charge in [0.1, 0.15) is 0 Å². The van der Waals surface area contributed by atoms with Gasteiger partial charge in [-0.15, -0.1) is 0 Å². The smallest absolute Gasteiger partial charge is 0.157 e. The molecule has 0 radical (unpaired) electrons. The Hall–Kier alpha value is -1.03. The summed E-state index contributed by atoms with van der Waals surface area (Å²) < 4.78 is 7.25. The molecule has 0 aliphatic carbocycles. The Labute approximate surface area is 78.7 Å². The van der Waals surface area contributed by atoms with Crippen LogP contribution in [-0.4, -0.2) is 21.9 Å². The first-order valence-corrected chi connectivity index (χ1v) is 4.52. The van der Waals surface area contributed by atoms with Crippen molar-refractivity contribution in [2.75, 3.05) is 0 Å². The highest BCUT2D eigenvalue weighted by Crippen LogP contribution is 2.10. The summed E-state index contributed by atoms with van der Waals surface area (Å²) in [5, 5.41) is 4.12. The fourth-order valence-corrected chi connectivity index (χ4v) is 1.07. The van der Waals surface area contributed by atoms with Gasteiger partial charge in [-0.05, 0) is 20.8 Å². The van der Waals surface area contributed by atoms with E-state index in [0.717, 1.165) is 12.3 Å². The summed E-state index contributed by atoms with van der Waals surface area (Å²) >= 11 is 0. The second-order valence-corrected chi connectivity index (χ2v) is 3.54. The van der Waals surface area contributed by atoms with Crippen molar-refractivity contribution in [2.24, 2.45) is 5.73 Å². The van der Waals surface area contributed by atoms with E-state index < -0.39 is 0 Å². The van der Waals surface area contributed by atoms with Gasteiger partial charge in [0.05, 0.1) is 25.0 Å². The number of aromatic nitrogens is 2. The lowest BCUT2D eigenvalue weighted by Gasteiger charge is -2.06. The second kappa shape index (κ2) is 4.28. The van der Waals surface area contributed by atoms with Crippen LogP contribution in [0.15, 0.2) is 12.4 Å². The van der Waals surface area contributed by atoms with Crippen molar-refractivity contribution in [3.05, 3.63) is 12.4 Å². The molecule has 74 valence electrons. The average Bonchev–Trinajstić information content (AvgIpc) is 2.33. The van der Waals surface area contributed by atoms with E-state index in [0.29, 0.717) is 0 Å². The molecule has 0 aliphatic rings.